The molecule has 104 valence electrons. The van der Waals surface area contributed by atoms with Gasteiger partial charge in [0.2, 0.25) is 0 Å². The number of aromatic nitrogens is 1. The Hall–Kier alpha value is -1.68. The molecule has 4 heteroatoms. The lowest BCUT2D eigenvalue weighted by molar-refractivity contribution is 0.0783. The van der Waals surface area contributed by atoms with Crippen molar-refractivity contribution in [2.45, 2.75) is 20.4 Å². The van der Waals surface area contributed by atoms with Crippen molar-refractivity contribution in [3.63, 3.8) is 0 Å². The molecule has 0 spiro atoms. The summed E-state index contributed by atoms with van der Waals surface area (Å²) in [7, 11) is 1.81. The van der Waals surface area contributed by atoms with E-state index in [0.717, 1.165) is 21.4 Å². The zero-order valence-electron chi connectivity index (χ0n) is 11.9. The van der Waals surface area contributed by atoms with Gasteiger partial charge in [-0.3, -0.25) is 9.78 Å². The summed E-state index contributed by atoms with van der Waals surface area (Å²) in [5, 5.41) is 0. The number of rotatable bonds is 3. The number of carbonyl (C=O) groups is 1. The zero-order chi connectivity index (χ0) is 14.7. The molecule has 0 radical (unpaired) electrons. The fourth-order valence-electron chi connectivity index (χ4n) is 2.07. The first-order valence-electron chi connectivity index (χ1n) is 6.42. The topological polar surface area (TPSA) is 33.2 Å². The van der Waals surface area contributed by atoms with Crippen LogP contribution in [-0.4, -0.2) is 22.8 Å². The van der Waals surface area contributed by atoms with E-state index in [1.807, 2.05) is 50.2 Å². The van der Waals surface area contributed by atoms with Crippen LogP contribution < -0.4 is 0 Å². The van der Waals surface area contributed by atoms with Crippen molar-refractivity contribution >= 4 is 21.8 Å². The summed E-state index contributed by atoms with van der Waals surface area (Å²) in [5.74, 6) is -0.00856. The van der Waals surface area contributed by atoms with Crippen molar-refractivity contribution in [2.75, 3.05) is 7.05 Å². The predicted octanol–water partition coefficient (Wildman–Crippen LogP) is 3.73. The van der Waals surface area contributed by atoms with E-state index < -0.39 is 0 Å². The van der Waals surface area contributed by atoms with Gasteiger partial charge in [-0.25, -0.2) is 0 Å². The van der Waals surface area contributed by atoms with Crippen LogP contribution in [0.3, 0.4) is 0 Å². The molecule has 0 saturated carbocycles. The second-order valence-corrected chi connectivity index (χ2v) is 5.69. The Morgan fingerprint density at radius 2 is 1.90 bits per heavy atom. The summed E-state index contributed by atoms with van der Waals surface area (Å²) >= 11 is 3.50. The summed E-state index contributed by atoms with van der Waals surface area (Å²) in [6, 6.07) is 11.6. The molecule has 0 N–H and O–H groups in total. The third-order valence-corrected chi connectivity index (χ3v) is 3.94. The molecule has 1 heterocycles. The number of pyridine rings is 1. The fourth-order valence-corrected chi connectivity index (χ4v) is 2.48. The van der Waals surface area contributed by atoms with Gasteiger partial charge in [0, 0.05) is 23.8 Å². The summed E-state index contributed by atoms with van der Waals surface area (Å²) < 4.78 is 1.01. The molecule has 2 aromatic rings. The van der Waals surface area contributed by atoms with Gasteiger partial charge >= 0.3 is 0 Å². The minimum Gasteiger partial charge on any atom is -0.337 e. The quantitative estimate of drug-likeness (QED) is 0.857. The summed E-state index contributed by atoms with van der Waals surface area (Å²) in [6.07, 6.45) is 0. The van der Waals surface area contributed by atoms with Crippen molar-refractivity contribution in [1.82, 2.24) is 9.88 Å². The lowest BCUT2D eigenvalue weighted by Crippen LogP contribution is -2.27. The van der Waals surface area contributed by atoms with Crippen LogP contribution in [0.15, 0.2) is 40.9 Å². The minimum absolute atomic E-state index is 0.00856. The first-order valence-corrected chi connectivity index (χ1v) is 7.21. The molecule has 2 rings (SSSR count). The Morgan fingerprint density at radius 3 is 2.55 bits per heavy atom. The zero-order valence-corrected chi connectivity index (χ0v) is 13.4. The molecular weight excluding hydrogens is 316 g/mol. The van der Waals surface area contributed by atoms with E-state index in [4.69, 9.17) is 0 Å². The molecule has 1 aromatic carbocycles. The lowest BCUT2D eigenvalue weighted by Gasteiger charge is -2.19. The third kappa shape index (κ3) is 3.25. The second-order valence-electron chi connectivity index (χ2n) is 4.84. The summed E-state index contributed by atoms with van der Waals surface area (Å²) in [5.41, 5.74) is 3.44. The van der Waals surface area contributed by atoms with Gasteiger partial charge in [0.25, 0.3) is 5.91 Å². The highest BCUT2D eigenvalue weighted by Gasteiger charge is 2.15. The molecule has 3 nitrogen and oxygen atoms in total. The van der Waals surface area contributed by atoms with E-state index in [0.29, 0.717) is 12.1 Å². The van der Waals surface area contributed by atoms with E-state index in [9.17, 15) is 4.79 Å². The Labute approximate surface area is 127 Å². The smallest absolute Gasteiger partial charge is 0.255 e. The summed E-state index contributed by atoms with van der Waals surface area (Å²) in [6.45, 7) is 4.35. The van der Waals surface area contributed by atoms with E-state index in [1.165, 1.54) is 0 Å². The SMILES string of the molecule is Cc1ccc(C(=O)N(C)Cc2ccccc2Br)c(C)n1. The molecule has 0 unspecified atom stereocenters. The second kappa shape index (κ2) is 6.18. The summed E-state index contributed by atoms with van der Waals surface area (Å²) in [4.78, 5) is 18.5. The van der Waals surface area contributed by atoms with Crippen LogP contribution in [0.25, 0.3) is 0 Å². The Morgan fingerprint density at radius 1 is 1.20 bits per heavy atom. The number of hydrogen-bond donors (Lipinski definition) is 0. The fraction of sp³-hybridized carbons (Fsp3) is 0.250. The van der Waals surface area contributed by atoms with Crippen molar-refractivity contribution in [1.29, 1.82) is 0 Å². The van der Waals surface area contributed by atoms with Crippen molar-refractivity contribution in [2.24, 2.45) is 0 Å². The number of carbonyl (C=O) groups excluding carboxylic acids is 1. The van der Waals surface area contributed by atoms with Gasteiger partial charge in [-0.15, -0.1) is 0 Å². The maximum atomic E-state index is 12.5. The van der Waals surface area contributed by atoms with Crippen molar-refractivity contribution in [3.8, 4) is 0 Å². The average Bonchev–Trinajstić information content (AvgIpc) is 2.40. The van der Waals surface area contributed by atoms with Crippen molar-refractivity contribution < 1.29 is 4.79 Å². The van der Waals surface area contributed by atoms with E-state index in [1.54, 1.807) is 11.9 Å². The molecule has 0 bridgehead atoms. The Kier molecular flexibility index (Phi) is 4.55. The van der Waals surface area contributed by atoms with Crippen LogP contribution in [0.2, 0.25) is 0 Å². The van der Waals surface area contributed by atoms with Crippen LogP contribution in [0, 0.1) is 13.8 Å². The number of nitrogens with zero attached hydrogens (tertiary/aromatic N) is 2. The Bertz CT molecular complexity index is 640. The first kappa shape index (κ1) is 14.7. The number of aryl methyl sites for hydroxylation is 2. The van der Waals surface area contributed by atoms with Gasteiger partial charge in [0.05, 0.1) is 11.3 Å². The van der Waals surface area contributed by atoms with Gasteiger partial charge in [-0.1, -0.05) is 34.1 Å². The third-order valence-electron chi connectivity index (χ3n) is 3.17. The van der Waals surface area contributed by atoms with Gasteiger partial charge in [-0.2, -0.15) is 0 Å². The van der Waals surface area contributed by atoms with E-state index in [2.05, 4.69) is 20.9 Å². The first-order chi connectivity index (χ1) is 9.49. The van der Waals surface area contributed by atoms with Gasteiger partial charge in [0.15, 0.2) is 0 Å². The minimum atomic E-state index is -0.00856. The van der Waals surface area contributed by atoms with Crippen LogP contribution in [0.5, 0.6) is 0 Å². The van der Waals surface area contributed by atoms with Crippen LogP contribution in [-0.2, 0) is 6.54 Å². The molecule has 1 aromatic heterocycles. The van der Waals surface area contributed by atoms with Gasteiger partial charge in [-0.05, 0) is 37.6 Å². The maximum absolute atomic E-state index is 12.5. The molecule has 0 aliphatic carbocycles. The van der Waals surface area contributed by atoms with E-state index >= 15 is 0 Å². The number of halogens is 1. The molecular formula is C16H17BrN2O. The normalized spacial score (nSPS) is 10.4. The molecule has 0 atom stereocenters. The average molecular weight is 333 g/mol. The highest BCUT2D eigenvalue weighted by Crippen LogP contribution is 2.18. The molecule has 20 heavy (non-hydrogen) atoms. The Balaban J connectivity index is 2.19. The molecule has 0 aliphatic rings. The number of amides is 1. The van der Waals surface area contributed by atoms with Crippen LogP contribution in [0.4, 0.5) is 0 Å². The molecule has 0 fully saturated rings. The van der Waals surface area contributed by atoms with Crippen LogP contribution >= 0.6 is 15.9 Å². The molecule has 0 saturated heterocycles. The highest BCUT2D eigenvalue weighted by atomic mass is 79.9. The number of benzene rings is 1. The predicted molar refractivity (Wildman–Crippen MR) is 83.7 cm³/mol. The van der Waals surface area contributed by atoms with Crippen LogP contribution in [0.1, 0.15) is 27.3 Å². The highest BCUT2D eigenvalue weighted by molar-refractivity contribution is 9.10. The lowest BCUT2D eigenvalue weighted by atomic mass is 10.1. The van der Waals surface area contributed by atoms with Gasteiger partial charge < -0.3 is 4.90 Å². The van der Waals surface area contributed by atoms with E-state index in [-0.39, 0.29) is 5.91 Å². The monoisotopic (exact) mass is 332 g/mol. The molecule has 0 aliphatic heterocycles. The largest absolute Gasteiger partial charge is 0.337 e. The standard InChI is InChI=1S/C16H17BrN2O/c1-11-8-9-14(12(2)18-11)16(20)19(3)10-13-6-4-5-7-15(13)17/h4-9H,10H2,1-3H3. The number of hydrogen-bond acceptors (Lipinski definition) is 2. The molecule has 1 amide bonds. The van der Waals surface area contributed by atoms with Gasteiger partial charge in [0.1, 0.15) is 0 Å². The maximum Gasteiger partial charge on any atom is 0.255 e. The van der Waals surface area contributed by atoms with Crippen molar-refractivity contribution in [3.05, 3.63) is 63.4 Å².